The van der Waals surface area contributed by atoms with E-state index in [-0.39, 0.29) is 37.1 Å². The number of carbonyl (C=O) groups excluding carboxylic acids is 2. The van der Waals surface area contributed by atoms with Crippen molar-refractivity contribution >= 4 is 17.5 Å². The number of amides is 2. The Morgan fingerprint density at radius 2 is 1.88 bits per heavy atom. The van der Waals surface area contributed by atoms with E-state index in [1.165, 1.54) is 25.3 Å². The van der Waals surface area contributed by atoms with Crippen LogP contribution in [-0.2, 0) is 16.1 Å². The Bertz CT molecular complexity index is 974. The molecule has 2 unspecified atom stereocenters. The molecule has 172 valence electrons. The first-order valence-corrected chi connectivity index (χ1v) is 10.3. The van der Waals surface area contributed by atoms with Crippen LogP contribution in [0.15, 0.2) is 36.4 Å². The number of primary amides is 1. The van der Waals surface area contributed by atoms with Gasteiger partial charge in [0.2, 0.25) is 0 Å². The predicted molar refractivity (Wildman–Crippen MR) is 117 cm³/mol. The molecule has 1 aliphatic heterocycles. The molecule has 2 aromatic rings. The van der Waals surface area contributed by atoms with E-state index in [0.717, 1.165) is 0 Å². The second-order valence-electron chi connectivity index (χ2n) is 7.75. The lowest BCUT2D eigenvalue weighted by atomic mass is 10.1. The number of nitrogens with one attached hydrogen (secondary N) is 1. The van der Waals surface area contributed by atoms with Gasteiger partial charge in [-0.15, -0.1) is 0 Å². The average molecular weight is 445 g/mol. The van der Waals surface area contributed by atoms with E-state index in [0.29, 0.717) is 41.4 Å². The number of hydrogen-bond donors (Lipinski definition) is 2. The molecule has 3 N–H and O–H groups in total. The second kappa shape index (κ2) is 10.3. The summed E-state index contributed by atoms with van der Waals surface area (Å²) in [5.74, 6) is -0.721. The van der Waals surface area contributed by atoms with Crippen LogP contribution in [0.4, 0.5) is 10.1 Å². The number of ether oxygens (including phenoxy) is 3. The molecule has 2 aromatic carbocycles. The third-order valence-electron chi connectivity index (χ3n) is 5.02. The van der Waals surface area contributed by atoms with Crippen LogP contribution in [0.3, 0.4) is 0 Å². The number of rotatable bonds is 8. The lowest BCUT2D eigenvalue weighted by Crippen LogP contribution is -2.45. The van der Waals surface area contributed by atoms with Crippen molar-refractivity contribution < 1.29 is 28.2 Å². The highest BCUT2D eigenvalue weighted by Crippen LogP contribution is 2.28. The van der Waals surface area contributed by atoms with Gasteiger partial charge in [-0.05, 0) is 49.7 Å². The average Bonchev–Trinajstić information content (AvgIpc) is 2.75. The second-order valence-corrected chi connectivity index (χ2v) is 7.75. The van der Waals surface area contributed by atoms with E-state index in [9.17, 15) is 14.0 Å². The maximum atomic E-state index is 14.8. The Hall–Kier alpha value is -3.33. The first-order chi connectivity index (χ1) is 15.3. The van der Waals surface area contributed by atoms with Gasteiger partial charge < -0.3 is 30.2 Å². The Labute approximate surface area is 186 Å². The van der Waals surface area contributed by atoms with Gasteiger partial charge in [0.05, 0.1) is 25.0 Å². The molecular formula is C23H28FN3O5. The summed E-state index contributed by atoms with van der Waals surface area (Å²) in [7, 11) is 1.43. The maximum absolute atomic E-state index is 14.8. The number of hydrogen-bond acceptors (Lipinski definition) is 6. The van der Waals surface area contributed by atoms with E-state index < -0.39 is 5.91 Å². The van der Waals surface area contributed by atoms with Gasteiger partial charge in [0.25, 0.3) is 11.8 Å². The SMILES string of the molecule is COc1cc(C(=O)NCc2ccc(N3CC(C)OC(C)C3)c(F)c2)ccc1OCC(N)=O. The van der Waals surface area contributed by atoms with Crippen LogP contribution in [0.5, 0.6) is 11.5 Å². The summed E-state index contributed by atoms with van der Waals surface area (Å²) in [5.41, 5.74) is 6.58. The summed E-state index contributed by atoms with van der Waals surface area (Å²) in [4.78, 5) is 25.4. The van der Waals surface area contributed by atoms with E-state index in [4.69, 9.17) is 19.9 Å². The number of halogens is 1. The third kappa shape index (κ3) is 5.88. The lowest BCUT2D eigenvalue weighted by Gasteiger charge is -2.37. The molecule has 3 rings (SSSR count). The van der Waals surface area contributed by atoms with Crippen molar-refractivity contribution in [3.63, 3.8) is 0 Å². The van der Waals surface area contributed by atoms with Crippen molar-refractivity contribution in [2.75, 3.05) is 31.7 Å². The highest BCUT2D eigenvalue weighted by molar-refractivity contribution is 5.94. The van der Waals surface area contributed by atoms with Gasteiger partial charge in [0, 0.05) is 25.2 Å². The molecule has 1 aliphatic rings. The largest absolute Gasteiger partial charge is 0.493 e. The van der Waals surface area contributed by atoms with Crippen molar-refractivity contribution in [3.05, 3.63) is 53.3 Å². The Morgan fingerprint density at radius 3 is 2.50 bits per heavy atom. The molecule has 2 amide bonds. The molecule has 32 heavy (non-hydrogen) atoms. The van der Waals surface area contributed by atoms with E-state index in [1.54, 1.807) is 18.2 Å². The molecular weight excluding hydrogens is 417 g/mol. The minimum Gasteiger partial charge on any atom is -0.493 e. The fourth-order valence-electron chi connectivity index (χ4n) is 3.65. The summed E-state index contributed by atoms with van der Waals surface area (Å²) in [6, 6.07) is 9.52. The number of morpholine rings is 1. The van der Waals surface area contributed by atoms with Crippen LogP contribution in [-0.4, -0.2) is 50.8 Å². The zero-order valence-electron chi connectivity index (χ0n) is 18.4. The van der Waals surface area contributed by atoms with E-state index >= 15 is 0 Å². The first-order valence-electron chi connectivity index (χ1n) is 10.3. The van der Waals surface area contributed by atoms with Gasteiger partial charge in [-0.25, -0.2) is 4.39 Å². The summed E-state index contributed by atoms with van der Waals surface area (Å²) < 4.78 is 30.9. The van der Waals surface area contributed by atoms with Gasteiger partial charge in [-0.2, -0.15) is 0 Å². The van der Waals surface area contributed by atoms with Gasteiger partial charge in [0.1, 0.15) is 5.82 Å². The van der Waals surface area contributed by atoms with Gasteiger partial charge >= 0.3 is 0 Å². The van der Waals surface area contributed by atoms with Gasteiger partial charge in [0.15, 0.2) is 18.1 Å². The highest BCUT2D eigenvalue weighted by Gasteiger charge is 2.24. The molecule has 0 bridgehead atoms. The highest BCUT2D eigenvalue weighted by atomic mass is 19.1. The fourth-order valence-corrected chi connectivity index (χ4v) is 3.65. The van der Waals surface area contributed by atoms with Crippen molar-refractivity contribution in [2.24, 2.45) is 5.73 Å². The number of nitrogens with two attached hydrogens (primary N) is 1. The topological polar surface area (TPSA) is 103 Å². The number of benzene rings is 2. The van der Waals surface area contributed by atoms with Crippen molar-refractivity contribution in [3.8, 4) is 11.5 Å². The lowest BCUT2D eigenvalue weighted by molar-refractivity contribution is -0.119. The predicted octanol–water partition coefficient (Wildman–Crippen LogP) is 2.24. The monoisotopic (exact) mass is 445 g/mol. The standard InChI is InChI=1S/C23H28FN3O5/c1-14-11-27(12-15(2)32-14)19-6-4-16(8-18(19)24)10-26-23(29)17-5-7-20(21(9-17)30-3)31-13-22(25)28/h4-9,14-15H,10-13H2,1-3H3,(H2,25,28)(H,26,29). The zero-order chi connectivity index (χ0) is 23.3. The minimum absolute atomic E-state index is 0.0293. The molecule has 0 aromatic heterocycles. The molecule has 8 nitrogen and oxygen atoms in total. The van der Waals surface area contributed by atoms with Crippen LogP contribution < -0.4 is 25.4 Å². The summed E-state index contributed by atoms with van der Waals surface area (Å²) in [5, 5.41) is 2.77. The number of anilines is 1. The van der Waals surface area contributed by atoms with Gasteiger partial charge in [-0.1, -0.05) is 6.07 Å². The summed E-state index contributed by atoms with van der Waals surface area (Å²) >= 11 is 0. The molecule has 9 heteroatoms. The minimum atomic E-state index is -0.621. The third-order valence-corrected chi connectivity index (χ3v) is 5.02. The van der Waals surface area contributed by atoms with Crippen LogP contribution in [0, 0.1) is 5.82 Å². The van der Waals surface area contributed by atoms with Gasteiger partial charge in [-0.3, -0.25) is 9.59 Å². The van der Waals surface area contributed by atoms with Crippen LogP contribution in [0.2, 0.25) is 0 Å². The summed E-state index contributed by atoms with van der Waals surface area (Å²) in [6.45, 7) is 5.04. The quantitative estimate of drug-likeness (QED) is 0.646. The Balaban J connectivity index is 1.63. The smallest absolute Gasteiger partial charge is 0.255 e. The van der Waals surface area contributed by atoms with Crippen LogP contribution in [0.1, 0.15) is 29.8 Å². The Kier molecular flexibility index (Phi) is 7.53. The molecule has 1 heterocycles. The number of carbonyl (C=O) groups is 2. The molecule has 0 aliphatic carbocycles. The maximum Gasteiger partial charge on any atom is 0.255 e. The van der Waals surface area contributed by atoms with Crippen molar-refractivity contribution in [2.45, 2.75) is 32.6 Å². The fraction of sp³-hybridized carbons (Fsp3) is 0.391. The van der Waals surface area contributed by atoms with E-state index in [2.05, 4.69) is 5.32 Å². The number of nitrogens with zero attached hydrogens (tertiary/aromatic N) is 1. The zero-order valence-corrected chi connectivity index (χ0v) is 18.4. The van der Waals surface area contributed by atoms with Crippen molar-refractivity contribution in [1.29, 1.82) is 0 Å². The Morgan fingerprint density at radius 1 is 1.16 bits per heavy atom. The molecule has 0 saturated carbocycles. The molecule has 0 spiro atoms. The molecule has 1 fully saturated rings. The van der Waals surface area contributed by atoms with Crippen molar-refractivity contribution in [1.82, 2.24) is 5.32 Å². The molecule has 1 saturated heterocycles. The normalized spacial score (nSPS) is 18.2. The van der Waals surface area contributed by atoms with Crippen LogP contribution >= 0.6 is 0 Å². The van der Waals surface area contributed by atoms with Crippen LogP contribution in [0.25, 0.3) is 0 Å². The molecule has 2 atom stereocenters. The first kappa shape index (κ1) is 23.3. The number of methoxy groups -OCH3 is 1. The molecule has 0 radical (unpaired) electrons. The summed E-state index contributed by atoms with van der Waals surface area (Å²) in [6.07, 6.45) is 0.0587. The van der Waals surface area contributed by atoms with E-state index in [1.807, 2.05) is 18.7 Å².